The van der Waals surface area contributed by atoms with E-state index in [2.05, 4.69) is 20.4 Å². The summed E-state index contributed by atoms with van der Waals surface area (Å²) in [4.78, 5) is 0. The number of rotatable bonds is 4. The van der Waals surface area contributed by atoms with Crippen LogP contribution in [0.2, 0.25) is 0 Å². The number of hydrogen-bond acceptors (Lipinski definition) is 1. The Hall–Kier alpha value is -0.980. The molecule has 0 aliphatic carbocycles. The van der Waals surface area contributed by atoms with E-state index in [4.69, 9.17) is 4.74 Å². The van der Waals surface area contributed by atoms with Crippen molar-refractivity contribution in [3.8, 4) is 0 Å². The molecule has 0 amide bonds. The van der Waals surface area contributed by atoms with Crippen molar-refractivity contribution in [3.05, 3.63) is 36.1 Å². The van der Waals surface area contributed by atoms with Crippen LogP contribution < -0.4 is 0 Å². The van der Waals surface area contributed by atoms with E-state index >= 15 is 0 Å². The Bertz CT molecular complexity index is 175. The lowest BCUT2D eigenvalue weighted by Crippen LogP contribution is -1.79. The average molecular weight is 152 g/mol. The van der Waals surface area contributed by atoms with Gasteiger partial charge in [0, 0.05) is 0 Å². The van der Waals surface area contributed by atoms with Crippen LogP contribution in [0.25, 0.3) is 0 Å². The van der Waals surface area contributed by atoms with Crippen LogP contribution in [0.4, 0.5) is 0 Å². The largest absolute Gasteiger partial charge is 0.497 e. The fourth-order valence-corrected chi connectivity index (χ4v) is 0.562. The molecular formula is C10H16O. The highest BCUT2D eigenvalue weighted by Gasteiger charge is 1.84. The second kappa shape index (κ2) is 5.78. The van der Waals surface area contributed by atoms with Gasteiger partial charge < -0.3 is 4.74 Å². The molecule has 62 valence electrons. The molecule has 0 saturated heterocycles. The molecule has 0 aliphatic rings. The highest BCUT2D eigenvalue weighted by Crippen LogP contribution is 2.02. The summed E-state index contributed by atoms with van der Waals surface area (Å²) < 4.78 is 4.99. The van der Waals surface area contributed by atoms with Crippen LogP contribution in [0, 0.1) is 0 Å². The minimum absolute atomic E-state index is 0.804. The van der Waals surface area contributed by atoms with Crippen LogP contribution in [0.3, 0.4) is 0 Å². The molecule has 0 aliphatic heterocycles. The third kappa shape index (κ3) is 4.43. The van der Waals surface area contributed by atoms with Crippen LogP contribution in [-0.2, 0) is 4.74 Å². The smallest absolute Gasteiger partial charge is 0.118 e. The van der Waals surface area contributed by atoms with E-state index in [1.807, 2.05) is 12.2 Å². The second-order valence-corrected chi connectivity index (χ2v) is 2.34. The first-order valence-corrected chi connectivity index (χ1v) is 3.78. The van der Waals surface area contributed by atoms with Gasteiger partial charge in [-0.25, -0.2) is 0 Å². The van der Waals surface area contributed by atoms with Crippen molar-refractivity contribution in [3.63, 3.8) is 0 Å². The molecular weight excluding hydrogens is 136 g/mol. The predicted octanol–water partition coefficient (Wildman–Crippen LogP) is 3.06. The molecule has 0 bridgehead atoms. The number of methoxy groups -OCH3 is 1. The molecule has 0 aromatic carbocycles. The van der Waals surface area contributed by atoms with E-state index in [1.54, 1.807) is 13.2 Å². The number of hydrogen-bond donors (Lipinski definition) is 0. The monoisotopic (exact) mass is 152 g/mol. The molecule has 1 nitrogen and oxygen atoms in total. The summed E-state index contributed by atoms with van der Waals surface area (Å²) in [6.07, 6.45) is 6.73. The Morgan fingerprint density at radius 3 is 2.45 bits per heavy atom. The molecule has 0 atom stereocenters. The fraction of sp³-hybridized carbons (Fsp3) is 0.400. The zero-order valence-corrected chi connectivity index (χ0v) is 7.55. The zero-order chi connectivity index (χ0) is 8.69. The van der Waals surface area contributed by atoms with Gasteiger partial charge in [-0.2, -0.15) is 0 Å². The standard InChI is InChI=1S/C10H16O/c1-5-9(3)7-8-10(6-2)11-4/h6-8H,2,5H2,1,3-4H3/b9-7+,10-8+. The first-order valence-electron chi connectivity index (χ1n) is 3.78. The number of ether oxygens (including phenoxy) is 1. The lowest BCUT2D eigenvalue weighted by molar-refractivity contribution is 0.307. The van der Waals surface area contributed by atoms with Crippen molar-refractivity contribution in [1.29, 1.82) is 0 Å². The summed E-state index contributed by atoms with van der Waals surface area (Å²) >= 11 is 0. The van der Waals surface area contributed by atoms with Gasteiger partial charge in [0.25, 0.3) is 0 Å². The molecule has 0 spiro atoms. The van der Waals surface area contributed by atoms with Crippen LogP contribution >= 0.6 is 0 Å². The Balaban J connectivity index is 4.17. The van der Waals surface area contributed by atoms with Gasteiger partial charge in [-0.05, 0) is 25.5 Å². The SMILES string of the molecule is C=C/C(=C\C=C(/C)CC)OC. The van der Waals surface area contributed by atoms with Crippen molar-refractivity contribution in [2.24, 2.45) is 0 Å². The third-order valence-electron chi connectivity index (χ3n) is 1.53. The lowest BCUT2D eigenvalue weighted by atomic mass is 10.2. The van der Waals surface area contributed by atoms with Gasteiger partial charge in [-0.15, -0.1) is 0 Å². The van der Waals surface area contributed by atoms with Crippen LogP contribution in [0.1, 0.15) is 20.3 Å². The van der Waals surface area contributed by atoms with Crippen LogP contribution in [-0.4, -0.2) is 7.11 Å². The minimum Gasteiger partial charge on any atom is -0.497 e. The van der Waals surface area contributed by atoms with Gasteiger partial charge in [-0.3, -0.25) is 0 Å². The van der Waals surface area contributed by atoms with E-state index in [0.717, 1.165) is 12.2 Å². The van der Waals surface area contributed by atoms with Gasteiger partial charge in [0.1, 0.15) is 5.76 Å². The maximum atomic E-state index is 4.99. The molecule has 0 rings (SSSR count). The van der Waals surface area contributed by atoms with Crippen molar-refractivity contribution in [2.75, 3.05) is 7.11 Å². The topological polar surface area (TPSA) is 9.23 Å². The van der Waals surface area contributed by atoms with Crippen molar-refractivity contribution in [2.45, 2.75) is 20.3 Å². The van der Waals surface area contributed by atoms with E-state index in [-0.39, 0.29) is 0 Å². The molecule has 0 fully saturated rings. The van der Waals surface area contributed by atoms with Crippen molar-refractivity contribution >= 4 is 0 Å². The van der Waals surface area contributed by atoms with Crippen molar-refractivity contribution in [1.82, 2.24) is 0 Å². The third-order valence-corrected chi connectivity index (χ3v) is 1.53. The summed E-state index contributed by atoms with van der Waals surface area (Å²) in [6, 6.07) is 0. The summed E-state index contributed by atoms with van der Waals surface area (Å²) in [5, 5.41) is 0. The Morgan fingerprint density at radius 2 is 2.09 bits per heavy atom. The van der Waals surface area contributed by atoms with Gasteiger partial charge in [0.2, 0.25) is 0 Å². The highest BCUT2D eigenvalue weighted by atomic mass is 16.5. The first kappa shape index (κ1) is 10.0. The quantitative estimate of drug-likeness (QED) is 0.444. The van der Waals surface area contributed by atoms with Crippen LogP contribution in [0.5, 0.6) is 0 Å². The second-order valence-electron chi connectivity index (χ2n) is 2.34. The average Bonchev–Trinajstić information content (AvgIpc) is 2.06. The normalized spacial score (nSPS) is 13.0. The maximum Gasteiger partial charge on any atom is 0.118 e. The van der Waals surface area contributed by atoms with Gasteiger partial charge in [0.15, 0.2) is 0 Å². The molecule has 1 heteroatoms. The molecule has 0 saturated carbocycles. The zero-order valence-electron chi connectivity index (χ0n) is 7.55. The van der Waals surface area contributed by atoms with E-state index < -0.39 is 0 Å². The Morgan fingerprint density at radius 1 is 1.45 bits per heavy atom. The van der Waals surface area contributed by atoms with Crippen molar-refractivity contribution < 1.29 is 4.74 Å². The summed E-state index contributed by atoms with van der Waals surface area (Å²) in [5.74, 6) is 0.804. The number of allylic oxidation sites excluding steroid dienone is 4. The fourth-order valence-electron chi connectivity index (χ4n) is 0.562. The lowest BCUT2D eigenvalue weighted by Gasteiger charge is -1.96. The van der Waals surface area contributed by atoms with E-state index in [1.165, 1.54) is 5.57 Å². The van der Waals surface area contributed by atoms with Gasteiger partial charge in [0.05, 0.1) is 7.11 Å². The Labute approximate surface area is 69.1 Å². The van der Waals surface area contributed by atoms with E-state index in [9.17, 15) is 0 Å². The summed E-state index contributed by atoms with van der Waals surface area (Å²) in [6.45, 7) is 7.83. The van der Waals surface area contributed by atoms with Crippen LogP contribution in [0.15, 0.2) is 36.1 Å². The summed E-state index contributed by atoms with van der Waals surface area (Å²) in [7, 11) is 1.64. The molecule has 0 heterocycles. The first-order chi connectivity index (χ1) is 5.24. The molecule has 0 unspecified atom stereocenters. The highest BCUT2D eigenvalue weighted by molar-refractivity contribution is 5.19. The Kier molecular flexibility index (Phi) is 5.26. The van der Waals surface area contributed by atoms with Gasteiger partial charge in [-0.1, -0.05) is 25.2 Å². The maximum absolute atomic E-state index is 4.99. The molecule has 0 N–H and O–H groups in total. The predicted molar refractivity (Wildman–Crippen MR) is 49.3 cm³/mol. The molecule has 0 aromatic rings. The van der Waals surface area contributed by atoms with Gasteiger partial charge >= 0.3 is 0 Å². The van der Waals surface area contributed by atoms with E-state index in [0.29, 0.717) is 0 Å². The summed E-state index contributed by atoms with van der Waals surface area (Å²) in [5.41, 5.74) is 1.33. The molecule has 11 heavy (non-hydrogen) atoms. The molecule has 0 radical (unpaired) electrons. The molecule has 0 aromatic heterocycles. The minimum atomic E-state index is 0.804.